The zero-order valence-electron chi connectivity index (χ0n) is 10.0. The van der Waals surface area contributed by atoms with E-state index in [9.17, 15) is 9.59 Å². The van der Waals surface area contributed by atoms with Crippen LogP contribution in [0.15, 0.2) is 24.4 Å². The van der Waals surface area contributed by atoms with E-state index in [-0.39, 0.29) is 11.9 Å². The zero-order chi connectivity index (χ0) is 12.7. The molecule has 5 heteroatoms. The van der Waals surface area contributed by atoms with Crippen molar-refractivity contribution in [3.8, 4) is 0 Å². The van der Waals surface area contributed by atoms with Gasteiger partial charge in [-0.25, -0.2) is 4.79 Å². The summed E-state index contributed by atoms with van der Waals surface area (Å²) in [5.74, 6) is 0.0769. The van der Waals surface area contributed by atoms with Crippen molar-refractivity contribution in [2.24, 2.45) is 5.92 Å². The fraction of sp³-hybridized carbons (Fsp3) is 0.417. The van der Waals surface area contributed by atoms with Crippen LogP contribution >= 0.6 is 0 Å². The van der Waals surface area contributed by atoms with Gasteiger partial charge in [0.1, 0.15) is 6.29 Å². The fourth-order valence-electron chi connectivity index (χ4n) is 1.23. The molecule has 0 saturated heterocycles. The molecular weight excluding hydrogens is 218 g/mol. The summed E-state index contributed by atoms with van der Waals surface area (Å²) >= 11 is 0. The summed E-state index contributed by atoms with van der Waals surface area (Å²) in [5, 5.41) is 5.24. The summed E-state index contributed by atoms with van der Waals surface area (Å²) < 4.78 is 0. The largest absolute Gasteiger partial charge is 0.332 e. The number of aldehydes is 1. The number of nitrogens with one attached hydrogen (secondary N) is 2. The van der Waals surface area contributed by atoms with Crippen molar-refractivity contribution in [2.75, 3.05) is 0 Å². The number of pyridine rings is 1. The SMILES string of the molecule is CC(C)[C@@H](C=O)NC(=O)NCc1ccccn1. The molecule has 1 heterocycles. The van der Waals surface area contributed by atoms with Crippen molar-refractivity contribution in [3.63, 3.8) is 0 Å². The van der Waals surface area contributed by atoms with Crippen LogP contribution < -0.4 is 10.6 Å². The van der Waals surface area contributed by atoms with Crippen LogP contribution in [0.25, 0.3) is 0 Å². The maximum Gasteiger partial charge on any atom is 0.315 e. The first kappa shape index (κ1) is 13.2. The molecule has 1 aromatic heterocycles. The average molecular weight is 235 g/mol. The van der Waals surface area contributed by atoms with Crippen molar-refractivity contribution in [1.82, 2.24) is 15.6 Å². The van der Waals surface area contributed by atoms with E-state index >= 15 is 0 Å². The third-order valence-corrected chi connectivity index (χ3v) is 2.32. The molecule has 17 heavy (non-hydrogen) atoms. The highest BCUT2D eigenvalue weighted by Gasteiger charge is 2.14. The molecule has 0 aliphatic rings. The highest BCUT2D eigenvalue weighted by atomic mass is 16.2. The van der Waals surface area contributed by atoms with Crippen molar-refractivity contribution >= 4 is 12.3 Å². The van der Waals surface area contributed by atoms with Gasteiger partial charge in [0, 0.05) is 6.20 Å². The Morgan fingerprint density at radius 3 is 2.76 bits per heavy atom. The van der Waals surface area contributed by atoms with Crippen LogP contribution in [-0.2, 0) is 11.3 Å². The Morgan fingerprint density at radius 1 is 1.47 bits per heavy atom. The lowest BCUT2D eigenvalue weighted by Crippen LogP contribution is -2.45. The van der Waals surface area contributed by atoms with Gasteiger partial charge in [-0.1, -0.05) is 19.9 Å². The third-order valence-electron chi connectivity index (χ3n) is 2.32. The summed E-state index contributed by atoms with van der Waals surface area (Å²) in [7, 11) is 0. The Hall–Kier alpha value is -1.91. The smallest absolute Gasteiger partial charge is 0.315 e. The normalized spacial score (nSPS) is 11.9. The molecule has 0 saturated carbocycles. The van der Waals surface area contributed by atoms with Crippen LogP contribution in [0.3, 0.4) is 0 Å². The molecule has 1 aromatic rings. The summed E-state index contributed by atoms with van der Waals surface area (Å²) in [6, 6.07) is 4.66. The van der Waals surface area contributed by atoms with Gasteiger partial charge in [0.25, 0.3) is 0 Å². The van der Waals surface area contributed by atoms with Gasteiger partial charge in [0.15, 0.2) is 0 Å². The van der Waals surface area contributed by atoms with E-state index in [2.05, 4.69) is 15.6 Å². The molecule has 92 valence electrons. The number of carbonyl (C=O) groups excluding carboxylic acids is 2. The molecule has 0 aliphatic heterocycles. The lowest BCUT2D eigenvalue weighted by Gasteiger charge is -2.16. The lowest BCUT2D eigenvalue weighted by molar-refractivity contribution is -0.110. The van der Waals surface area contributed by atoms with Crippen LogP contribution in [0.2, 0.25) is 0 Å². The number of rotatable bonds is 5. The Bertz CT molecular complexity index is 365. The lowest BCUT2D eigenvalue weighted by atomic mass is 10.1. The van der Waals surface area contributed by atoms with Gasteiger partial charge < -0.3 is 15.4 Å². The maximum atomic E-state index is 11.5. The molecule has 1 rings (SSSR count). The highest BCUT2D eigenvalue weighted by Crippen LogP contribution is 1.98. The van der Waals surface area contributed by atoms with Crippen LogP contribution in [-0.4, -0.2) is 23.3 Å². The standard InChI is InChI=1S/C12H17N3O2/c1-9(2)11(8-16)15-12(17)14-7-10-5-3-4-6-13-10/h3-6,8-9,11H,7H2,1-2H3,(H2,14,15,17)/t11-/m1/s1. The predicted octanol–water partition coefficient (Wildman–Crippen LogP) is 1.10. The van der Waals surface area contributed by atoms with Gasteiger partial charge in [-0.05, 0) is 18.1 Å². The van der Waals surface area contributed by atoms with Crippen LogP contribution in [0, 0.1) is 5.92 Å². The van der Waals surface area contributed by atoms with Crippen molar-refractivity contribution in [1.29, 1.82) is 0 Å². The fourth-order valence-corrected chi connectivity index (χ4v) is 1.23. The van der Waals surface area contributed by atoms with Crippen molar-refractivity contribution < 1.29 is 9.59 Å². The molecule has 0 radical (unpaired) electrons. The molecule has 0 aromatic carbocycles. The van der Waals surface area contributed by atoms with Crippen LogP contribution in [0.5, 0.6) is 0 Å². The van der Waals surface area contributed by atoms with Gasteiger partial charge in [-0.3, -0.25) is 4.98 Å². The van der Waals surface area contributed by atoms with Gasteiger partial charge in [0.2, 0.25) is 0 Å². The van der Waals surface area contributed by atoms with E-state index < -0.39 is 6.04 Å². The van der Waals surface area contributed by atoms with Crippen LogP contribution in [0.1, 0.15) is 19.5 Å². The Balaban J connectivity index is 2.37. The van der Waals surface area contributed by atoms with Crippen LogP contribution in [0.4, 0.5) is 4.79 Å². The second-order valence-electron chi connectivity index (χ2n) is 4.05. The molecule has 5 nitrogen and oxygen atoms in total. The van der Waals surface area contributed by atoms with E-state index in [1.54, 1.807) is 6.20 Å². The molecule has 0 bridgehead atoms. The van der Waals surface area contributed by atoms with E-state index in [0.29, 0.717) is 6.54 Å². The number of carbonyl (C=O) groups is 2. The molecule has 2 amide bonds. The molecule has 1 atom stereocenters. The van der Waals surface area contributed by atoms with E-state index in [1.165, 1.54) is 0 Å². The van der Waals surface area contributed by atoms with Gasteiger partial charge >= 0.3 is 6.03 Å². The molecule has 0 spiro atoms. The molecular formula is C12H17N3O2. The first-order chi connectivity index (χ1) is 8.13. The second kappa shape index (κ2) is 6.62. The topological polar surface area (TPSA) is 71.1 Å². The number of hydrogen-bond acceptors (Lipinski definition) is 3. The average Bonchev–Trinajstić information content (AvgIpc) is 2.34. The minimum absolute atomic E-state index is 0.0769. The Morgan fingerprint density at radius 2 is 2.24 bits per heavy atom. The van der Waals surface area contributed by atoms with E-state index in [0.717, 1.165) is 12.0 Å². The maximum absolute atomic E-state index is 11.5. The first-order valence-corrected chi connectivity index (χ1v) is 5.53. The monoisotopic (exact) mass is 235 g/mol. The summed E-state index contributed by atoms with van der Waals surface area (Å²) in [6.07, 6.45) is 2.41. The molecule has 2 N–H and O–H groups in total. The van der Waals surface area contributed by atoms with E-state index in [1.807, 2.05) is 32.0 Å². The third kappa shape index (κ3) is 4.63. The molecule has 0 unspecified atom stereocenters. The highest BCUT2D eigenvalue weighted by molar-refractivity contribution is 5.77. The Labute approximate surface area is 101 Å². The summed E-state index contributed by atoms with van der Waals surface area (Å²) in [5.41, 5.74) is 0.773. The minimum Gasteiger partial charge on any atom is -0.332 e. The number of amides is 2. The minimum atomic E-state index is -0.460. The predicted molar refractivity (Wildman–Crippen MR) is 64.3 cm³/mol. The number of hydrogen-bond donors (Lipinski definition) is 2. The molecule has 0 aliphatic carbocycles. The van der Waals surface area contributed by atoms with Crippen molar-refractivity contribution in [2.45, 2.75) is 26.4 Å². The summed E-state index contributed by atoms with van der Waals surface area (Å²) in [4.78, 5) is 26.3. The summed E-state index contributed by atoms with van der Waals surface area (Å²) in [6.45, 7) is 4.09. The van der Waals surface area contributed by atoms with Gasteiger partial charge in [0.05, 0.1) is 18.3 Å². The first-order valence-electron chi connectivity index (χ1n) is 5.53. The second-order valence-corrected chi connectivity index (χ2v) is 4.05. The number of urea groups is 1. The van der Waals surface area contributed by atoms with Gasteiger partial charge in [-0.2, -0.15) is 0 Å². The van der Waals surface area contributed by atoms with Crippen molar-refractivity contribution in [3.05, 3.63) is 30.1 Å². The molecule has 0 fully saturated rings. The number of aromatic nitrogens is 1. The quantitative estimate of drug-likeness (QED) is 0.751. The zero-order valence-corrected chi connectivity index (χ0v) is 10.0. The Kier molecular flexibility index (Phi) is 5.13. The van der Waals surface area contributed by atoms with Gasteiger partial charge in [-0.15, -0.1) is 0 Å². The van der Waals surface area contributed by atoms with E-state index in [4.69, 9.17) is 0 Å². The number of nitrogens with zero attached hydrogens (tertiary/aromatic N) is 1.